The van der Waals surface area contributed by atoms with E-state index in [4.69, 9.17) is 5.73 Å². The predicted octanol–water partition coefficient (Wildman–Crippen LogP) is 1.68. The number of nitrogens with two attached hydrogens (primary N) is 1. The van der Waals surface area contributed by atoms with Crippen LogP contribution in [0.4, 0.5) is 5.69 Å². The summed E-state index contributed by atoms with van der Waals surface area (Å²) in [7, 11) is 0. The molecule has 0 radical (unpaired) electrons. The summed E-state index contributed by atoms with van der Waals surface area (Å²) in [6.45, 7) is 4.88. The van der Waals surface area contributed by atoms with Crippen LogP contribution in [0.3, 0.4) is 0 Å². The number of rotatable bonds is 1. The van der Waals surface area contributed by atoms with Gasteiger partial charge in [-0.3, -0.25) is 4.79 Å². The molecule has 80 valence electrons. The summed E-state index contributed by atoms with van der Waals surface area (Å²) in [6.07, 6.45) is 0.907. The van der Waals surface area contributed by atoms with E-state index in [1.54, 1.807) is 6.07 Å². The topological polar surface area (TPSA) is 46.3 Å². The highest BCUT2D eigenvalue weighted by atomic mass is 16.2. The minimum Gasteiger partial charge on any atom is -0.399 e. The van der Waals surface area contributed by atoms with Crippen molar-refractivity contribution in [2.24, 2.45) is 0 Å². The van der Waals surface area contributed by atoms with E-state index in [0.717, 1.165) is 29.8 Å². The fourth-order valence-corrected chi connectivity index (χ4v) is 2.02. The third kappa shape index (κ3) is 1.69. The van der Waals surface area contributed by atoms with Crippen molar-refractivity contribution in [3.63, 3.8) is 0 Å². The Bertz CT molecular complexity index is 399. The molecule has 1 aromatic rings. The molecule has 3 heteroatoms. The molecule has 0 saturated carbocycles. The average molecular weight is 204 g/mol. The number of anilines is 1. The summed E-state index contributed by atoms with van der Waals surface area (Å²) in [5.74, 6) is 0.131. The van der Waals surface area contributed by atoms with Crippen molar-refractivity contribution in [3.05, 3.63) is 29.3 Å². The van der Waals surface area contributed by atoms with Crippen molar-refractivity contribution < 1.29 is 4.79 Å². The second-order valence-corrected chi connectivity index (χ2v) is 4.26. The molecule has 1 aromatic carbocycles. The lowest BCUT2D eigenvalue weighted by Gasteiger charge is -2.31. The Labute approximate surface area is 89.9 Å². The Morgan fingerprint density at radius 2 is 2.13 bits per heavy atom. The maximum Gasteiger partial charge on any atom is 0.254 e. The second kappa shape index (κ2) is 3.57. The molecule has 1 amide bonds. The van der Waals surface area contributed by atoms with Crippen LogP contribution in [-0.2, 0) is 6.42 Å². The van der Waals surface area contributed by atoms with Gasteiger partial charge in [-0.2, -0.15) is 0 Å². The largest absolute Gasteiger partial charge is 0.399 e. The highest BCUT2D eigenvalue weighted by Gasteiger charge is 2.25. The van der Waals surface area contributed by atoms with Gasteiger partial charge in [0.1, 0.15) is 0 Å². The number of benzene rings is 1. The molecule has 0 bridgehead atoms. The van der Waals surface area contributed by atoms with Crippen molar-refractivity contribution in [1.29, 1.82) is 0 Å². The van der Waals surface area contributed by atoms with Gasteiger partial charge in [0.15, 0.2) is 0 Å². The number of amides is 1. The molecule has 2 rings (SSSR count). The van der Waals surface area contributed by atoms with Crippen molar-refractivity contribution in [3.8, 4) is 0 Å². The molecule has 0 atom stereocenters. The zero-order chi connectivity index (χ0) is 11.0. The number of hydrogen-bond acceptors (Lipinski definition) is 2. The number of fused-ring (bicyclic) bond motifs is 1. The second-order valence-electron chi connectivity index (χ2n) is 4.26. The third-order valence-corrected chi connectivity index (χ3v) is 2.87. The van der Waals surface area contributed by atoms with Gasteiger partial charge in [-0.15, -0.1) is 0 Å². The number of carbonyl (C=O) groups excluding carboxylic acids is 1. The third-order valence-electron chi connectivity index (χ3n) is 2.87. The highest BCUT2D eigenvalue weighted by Crippen LogP contribution is 2.22. The zero-order valence-electron chi connectivity index (χ0n) is 9.16. The Hall–Kier alpha value is -1.51. The molecule has 0 spiro atoms. The predicted molar refractivity (Wildman–Crippen MR) is 60.7 cm³/mol. The highest BCUT2D eigenvalue weighted by molar-refractivity contribution is 5.97. The summed E-state index contributed by atoms with van der Waals surface area (Å²) in [5.41, 5.74) is 8.32. The van der Waals surface area contributed by atoms with Crippen LogP contribution in [0.5, 0.6) is 0 Å². The molecule has 0 aromatic heterocycles. The van der Waals surface area contributed by atoms with E-state index in [2.05, 4.69) is 0 Å². The molecular formula is C12H16N2O. The quantitative estimate of drug-likeness (QED) is 0.707. The van der Waals surface area contributed by atoms with E-state index >= 15 is 0 Å². The Kier molecular flexibility index (Phi) is 2.39. The molecule has 15 heavy (non-hydrogen) atoms. The molecule has 0 fully saturated rings. The lowest BCUT2D eigenvalue weighted by atomic mass is 9.97. The van der Waals surface area contributed by atoms with Crippen LogP contribution in [0.2, 0.25) is 0 Å². The van der Waals surface area contributed by atoms with E-state index in [9.17, 15) is 4.79 Å². The summed E-state index contributed by atoms with van der Waals surface area (Å²) in [5, 5.41) is 0. The van der Waals surface area contributed by atoms with Gasteiger partial charge in [0.25, 0.3) is 5.91 Å². The molecule has 2 N–H and O–H groups in total. The molecule has 1 aliphatic heterocycles. The van der Waals surface area contributed by atoms with Crippen LogP contribution in [0.15, 0.2) is 18.2 Å². The molecule has 0 aliphatic carbocycles. The molecule has 1 aliphatic rings. The first-order valence-electron chi connectivity index (χ1n) is 5.29. The van der Waals surface area contributed by atoms with Crippen LogP contribution in [0.1, 0.15) is 29.8 Å². The minimum absolute atomic E-state index is 0.131. The molecule has 3 nitrogen and oxygen atoms in total. The van der Waals surface area contributed by atoms with E-state index in [1.165, 1.54) is 0 Å². The van der Waals surface area contributed by atoms with Gasteiger partial charge in [-0.1, -0.05) is 0 Å². The van der Waals surface area contributed by atoms with E-state index in [-0.39, 0.29) is 11.9 Å². The van der Waals surface area contributed by atoms with Gasteiger partial charge in [0.05, 0.1) is 0 Å². The zero-order valence-corrected chi connectivity index (χ0v) is 9.16. The lowest BCUT2D eigenvalue weighted by molar-refractivity contribution is 0.0688. The number of nitrogens with zero attached hydrogens (tertiary/aromatic N) is 1. The van der Waals surface area contributed by atoms with Crippen molar-refractivity contribution in [1.82, 2.24) is 4.90 Å². The molecule has 0 saturated heterocycles. The van der Waals surface area contributed by atoms with Gasteiger partial charge in [-0.25, -0.2) is 0 Å². The Morgan fingerprint density at radius 3 is 2.80 bits per heavy atom. The van der Waals surface area contributed by atoms with Crippen LogP contribution in [-0.4, -0.2) is 23.4 Å². The maximum atomic E-state index is 12.1. The first-order chi connectivity index (χ1) is 7.09. The normalized spacial score (nSPS) is 15.7. The average Bonchev–Trinajstić information content (AvgIpc) is 2.17. The smallest absolute Gasteiger partial charge is 0.254 e. The summed E-state index contributed by atoms with van der Waals surface area (Å²) >= 11 is 0. The molecule has 1 heterocycles. The number of nitrogen functional groups attached to an aromatic ring is 1. The van der Waals surface area contributed by atoms with Crippen LogP contribution in [0.25, 0.3) is 0 Å². The van der Waals surface area contributed by atoms with Gasteiger partial charge in [-0.05, 0) is 44.0 Å². The molecular weight excluding hydrogens is 188 g/mol. The fraction of sp³-hybridized carbons (Fsp3) is 0.417. The minimum atomic E-state index is 0.131. The van der Waals surface area contributed by atoms with Gasteiger partial charge >= 0.3 is 0 Å². The van der Waals surface area contributed by atoms with Gasteiger partial charge < -0.3 is 10.6 Å². The standard InChI is InChI=1S/C12H16N2O/c1-8(2)14-6-5-9-7-10(13)3-4-11(9)12(14)15/h3-4,7-8H,5-6,13H2,1-2H3. The van der Waals surface area contributed by atoms with Crippen LogP contribution in [0, 0.1) is 0 Å². The van der Waals surface area contributed by atoms with Crippen molar-refractivity contribution in [2.75, 3.05) is 12.3 Å². The summed E-state index contributed by atoms with van der Waals surface area (Å²) in [4.78, 5) is 14.0. The fourth-order valence-electron chi connectivity index (χ4n) is 2.02. The Morgan fingerprint density at radius 1 is 1.40 bits per heavy atom. The molecule has 0 unspecified atom stereocenters. The van der Waals surface area contributed by atoms with E-state index < -0.39 is 0 Å². The maximum absolute atomic E-state index is 12.1. The van der Waals surface area contributed by atoms with E-state index in [0.29, 0.717) is 0 Å². The van der Waals surface area contributed by atoms with Crippen LogP contribution < -0.4 is 5.73 Å². The van der Waals surface area contributed by atoms with Crippen LogP contribution >= 0.6 is 0 Å². The Balaban J connectivity index is 2.39. The summed E-state index contributed by atoms with van der Waals surface area (Å²) < 4.78 is 0. The lowest BCUT2D eigenvalue weighted by Crippen LogP contribution is -2.42. The first-order valence-corrected chi connectivity index (χ1v) is 5.29. The van der Waals surface area contributed by atoms with Crippen molar-refractivity contribution >= 4 is 11.6 Å². The number of carbonyl (C=O) groups is 1. The van der Waals surface area contributed by atoms with Gasteiger partial charge in [0.2, 0.25) is 0 Å². The van der Waals surface area contributed by atoms with Gasteiger partial charge in [0, 0.05) is 23.8 Å². The van der Waals surface area contributed by atoms with E-state index in [1.807, 2.05) is 30.9 Å². The van der Waals surface area contributed by atoms with Crippen molar-refractivity contribution in [2.45, 2.75) is 26.3 Å². The summed E-state index contributed by atoms with van der Waals surface area (Å²) in [6, 6.07) is 5.80. The SMILES string of the molecule is CC(C)N1CCc2cc(N)ccc2C1=O. The number of hydrogen-bond donors (Lipinski definition) is 1. The monoisotopic (exact) mass is 204 g/mol. The first kappa shape index (κ1) is 10.0.